The van der Waals surface area contributed by atoms with Gasteiger partial charge in [-0.2, -0.15) is 0 Å². The number of rotatable bonds is 7. The second kappa shape index (κ2) is 10.0. The first-order valence-corrected chi connectivity index (χ1v) is 12.1. The molecular weight excluding hydrogens is 492 g/mol. The third-order valence-corrected chi connectivity index (χ3v) is 6.94. The van der Waals surface area contributed by atoms with Crippen LogP contribution in [0.25, 0.3) is 16.7 Å². The molecule has 37 heavy (non-hydrogen) atoms. The number of nitrogens with zero attached hydrogens (tertiary/aromatic N) is 1. The van der Waals surface area contributed by atoms with E-state index in [1.807, 2.05) is 24.4 Å². The lowest BCUT2D eigenvalue weighted by Gasteiger charge is -2.25. The molecule has 0 radical (unpaired) electrons. The maximum atomic E-state index is 13.3. The van der Waals surface area contributed by atoms with E-state index in [-0.39, 0.29) is 17.9 Å². The Morgan fingerprint density at radius 1 is 0.973 bits per heavy atom. The number of fused-ring (bicyclic) bond motifs is 1. The number of ketones is 1. The number of methoxy groups -OCH3 is 2. The minimum Gasteiger partial charge on any atom is -0.507 e. The molecule has 1 saturated heterocycles. The lowest BCUT2D eigenvalue weighted by Crippen LogP contribution is -2.31. The van der Waals surface area contributed by atoms with Crippen LogP contribution in [0.2, 0.25) is 5.02 Å². The van der Waals surface area contributed by atoms with Gasteiger partial charge in [0.15, 0.2) is 0 Å². The number of ether oxygens (including phenoxy) is 2. The van der Waals surface area contributed by atoms with Crippen molar-refractivity contribution in [2.24, 2.45) is 0 Å². The highest BCUT2D eigenvalue weighted by atomic mass is 35.5. The Morgan fingerprint density at radius 2 is 1.65 bits per heavy atom. The topological polar surface area (TPSA) is 91.9 Å². The molecule has 1 amide bonds. The fourth-order valence-electron chi connectivity index (χ4n) is 4.74. The summed E-state index contributed by atoms with van der Waals surface area (Å²) in [6, 6.07) is 18.6. The van der Waals surface area contributed by atoms with Crippen molar-refractivity contribution >= 4 is 40.0 Å². The SMILES string of the molecule is COc1ccc([C@H]2C(=C(O)c3ccc(Cl)cc3)C(=O)C(=O)N2CCc2c[nH]c3ccc(OC)cc23)cc1. The van der Waals surface area contributed by atoms with Crippen molar-refractivity contribution in [1.29, 1.82) is 0 Å². The second-order valence-corrected chi connectivity index (χ2v) is 9.18. The van der Waals surface area contributed by atoms with Crippen molar-refractivity contribution in [3.63, 3.8) is 0 Å². The van der Waals surface area contributed by atoms with Crippen LogP contribution in [0.1, 0.15) is 22.7 Å². The quantitative estimate of drug-likeness (QED) is 0.192. The number of amides is 1. The number of hydrogen-bond acceptors (Lipinski definition) is 5. The van der Waals surface area contributed by atoms with Gasteiger partial charge in [0.05, 0.1) is 25.8 Å². The van der Waals surface area contributed by atoms with Gasteiger partial charge in [0.2, 0.25) is 0 Å². The molecule has 1 fully saturated rings. The number of Topliss-reactive ketones (excluding diaryl/α,β-unsaturated/α-hetero) is 1. The molecule has 8 heteroatoms. The molecule has 1 aliphatic rings. The molecule has 4 aromatic rings. The predicted octanol–water partition coefficient (Wildman–Crippen LogP) is 5.50. The zero-order valence-corrected chi connectivity index (χ0v) is 21.1. The third-order valence-electron chi connectivity index (χ3n) is 6.69. The molecule has 0 unspecified atom stereocenters. The number of likely N-dealkylation sites (tertiary alicyclic amines) is 1. The Morgan fingerprint density at radius 3 is 2.32 bits per heavy atom. The fraction of sp³-hybridized carbons (Fsp3) is 0.172. The Kier molecular flexibility index (Phi) is 6.63. The maximum absolute atomic E-state index is 13.3. The molecule has 1 aromatic heterocycles. The standard InChI is InChI=1S/C29H25ClN2O5/c1-36-21-9-5-17(6-10-21)26-25(27(33)18-3-7-20(30)8-4-18)28(34)29(35)32(26)14-13-19-16-31-24-12-11-22(37-2)15-23(19)24/h3-12,15-16,26,31,33H,13-14H2,1-2H3/t26-/m0/s1. The van der Waals surface area contributed by atoms with Gasteiger partial charge in [-0.25, -0.2) is 0 Å². The molecule has 188 valence electrons. The fourth-order valence-corrected chi connectivity index (χ4v) is 4.86. The zero-order valence-electron chi connectivity index (χ0n) is 20.3. The van der Waals surface area contributed by atoms with E-state index in [4.69, 9.17) is 21.1 Å². The summed E-state index contributed by atoms with van der Waals surface area (Å²) in [5.41, 5.74) is 3.08. The van der Waals surface area contributed by atoms with Gasteiger partial charge in [-0.3, -0.25) is 9.59 Å². The molecule has 1 atom stereocenters. The van der Waals surface area contributed by atoms with Gasteiger partial charge >= 0.3 is 0 Å². The highest BCUT2D eigenvalue weighted by Gasteiger charge is 2.45. The van der Waals surface area contributed by atoms with Crippen molar-refractivity contribution < 1.29 is 24.2 Å². The predicted molar refractivity (Wildman–Crippen MR) is 142 cm³/mol. The third kappa shape index (κ3) is 4.54. The van der Waals surface area contributed by atoms with Crippen LogP contribution >= 0.6 is 11.6 Å². The van der Waals surface area contributed by atoms with E-state index in [1.165, 1.54) is 4.90 Å². The van der Waals surface area contributed by atoms with Gasteiger partial charge in [-0.15, -0.1) is 0 Å². The largest absolute Gasteiger partial charge is 0.507 e. The average molecular weight is 517 g/mol. The second-order valence-electron chi connectivity index (χ2n) is 8.75. The number of aliphatic hydroxyl groups is 1. The first-order chi connectivity index (χ1) is 17.9. The Labute approximate surface area is 218 Å². The number of carbonyl (C=O) groups excluding carboxylic acids is 2. The van der Waals surface area contributed by atoms with Crippen molar-refractivity contribution in [3.05, 3.63) is 100 Å². The Hall–Kier alpha value is -4.23. The van der Waals surface area contributed by atoms with Crippen LogP contribution in [0.15, 0.2) is 78.5 Å². The van der Waals surface area contributed by atoms with Crippen LogP contribution in [0, 0.1) is 0 Å². The van der Waals surface area contributed by atoms with Crippen LogP contribution in [-0.4, -0.2) is 47.4 Å². The monoisotopic (exact) mass is 516 g/mol. The molecule has 2 heterocycles. The lowest BCUT2D eigenvalue weighted by molar-refractivity contribution is -0.139. The van der Waals surface area contributed by atoms with Gasteiger partial charge in [-0.1, -0.05) is 23.7 Å². The number of aromatic amines is 1. The summed E-state index contributed by atoms with van der Waals surface area (Å²) in [4.78, 5) is 31.3. The molecule has 0 aliphatic carbocycles. The highest BCUT2D eigenvalue weighted by molar-refractivity contribution is 6.46. The Bertz CT molecular complexity index is 1510. The van der Waals surface area contributed by atoms with Crippen molar-refractivity contribution in [2.75, 3.05) is 20.8 Å². The van der Waals surface area contributed by atoms with E-state index in [0.29, 0.717) is 28.3 Å². The summed E-state index contributed by atoms with van der Waals surface area (Å²) < 4.78 is 10.6. The summed E-state index contributed by atoms with van der Waals surface area (Å²) in [6.07, 6.45) is 2.39. The van der Waals surface area contributed by atoms with Crippen LogP contribution < -0.4 is 9.47 Å². The number of halogens is 1. The van der Waals surface area contributed by atoms with E-state index in [0.717, 1.165) is 22.2 Å². The van der Waals surface area contributed by atoms with Crippen LogP contribution in [-0.2, 0) is 16.0 Å². The molecule has 0 spiro atoms. The lowest BCUT2D eigenvalue weighted by atomic mass is 9.95. The molecule has 5 rings (SSSR count). The number of benzene rings is 3. The minimum absolute atomic E-state index is 0.0399. The molecule has 1 aliphatic heterocycles. The van der Waals surface area contributed by atoms with Gasteiger partial charge in [0.1, 0.15) is 17.3 Å². The molecule has 0 saturated carbocycles. The average Bonchev–Trinajstić information content (AvgIpc) is 3.44. The zero-order chi connectivity index (χ0) is 26.1. The van der Waals surface area contributed by atoms with Crippen LogP contribution in [0.3, 0.4) is 0 Å². The van der Waals surface area contributed by atoms with E-state index in [1.54, 1.807) is 62.8 Å². The smallest absolute Gasteiger partial charge is 0.295 e. The van der Waals surface area contributed by atoms with E-state index in [9.17, 15) is 14.7 Å². The van der Waals surface area contributed by atoms with Crippen LogP contribution in [0.4, 0.5) is 0 Å². The van der Waals surface area contributed by atoms with Crippen molar-refractivity contribution in [1.82, 2.24) is 9.88 Å². The summed E-state index contributed by atoms with van der Waals surface area (Å²) in [5.74, 6) is -0.251. The number of aliphatic hydroxyl groups excluding tert-OH is 1. The number of nitrogens with one attached hydrogen (secondary N) is 1. The summed E-state index contributed by atoms with van der Waals surface area (Å²) in [5, 5.41) is 12.7. The van der Waals surface area contributed by atoms with Gasteiger partial charge in [0.25, 0.3) is 11.7 Å². The van der Waals surface area contributed by atoms with E-state index in [2.05, 4.69) is 4.98 Å². The van der Waals surface area contributed by atoms with Crippen molar-refractivity contribution in [3.8, 4) is 11.5 Å². The normalized spacial score (nSPS) is 16.9. The first kappa shape index (κ1) is 24.5. The number of H-pyrrole nitrogens is 1. The molecular formula is C29H25ClN2O5. The van der Waals surface area contributed by atoms with E-state index >= 15 is 0 Å². The highest BCUT2D eigenvalue weighted by Crippen LogP contribution is 2.40. The maximum Gasteiger partial charge on any atom is 0.295 e. The first-order valence-electron chi connectivity index (χ1n) is 11.7. The van der Waals surface area contributed by atoms with Gasteiger partial charge < -0.3 is 24.5 Å². The van der Waals surface area contributed by atoms with E-state index < -0.39 is 17.7 Å². The van der Waals surface area contributed by atoms with Crippen LogP contribution in [0.5, 0.6) is 11.5 Å². The van der Waals surface area contributed by atoms with Crippen molar-refractivity contribution in [2.45, 2.75) is 12.5 Å². The summed E-state index contributed by atoms with van der Waals surface area (Å²) in [6.45, 7) is 0.267. The number of aromatic nitrogens is 1. The molecule has 0 bridgehead atoms. The molecule has 2 N–H and O–H groups in total. The summed E-state index contributed by atoms with van der Waals surface area (Å²) in [7, 11) is 3.18. The Balaban J connectivity index is 1.55. The van der Waals surface area contributed by atoms with Gasteiger partial charge in [-0.05, 0) is 72.1 Å². The van der Waals surface area contributed by atoms with Gasteiger partial charge in [0, 0.05) is 34.2 Å². The minimum atomic E-state index is -0.763. The number of carbonyl (C=O) groups is 2. The molecule has 3 aromatic carbocycles. The summed E-state index contributed by atoms with van der Waals surface area (Å²) >= 11 is 6.01. The number of hydrogen-bond donors (Lipinski definition) is 2. The molecule has 7 nitrogen and oxygen atoms in total.